The second-order valence-corrected chi connectivity index (χ2v) is 6.75. The van der Waals surface area contributed by atoms with Crippen molar-refractivity contribution in [3.63, 3.8) is 0 Å². The number of rotatable bonds is 11. The molecule has 0 aliphatic rings. The van der Waals surface area contributed by atoms with Crippen LogP contribution in [0, 0.1) is 0 Å². The van der Waals surface area contributed by atoms with Crippen molar-refractivity contribution < 1.29 is 14.6 Å². The summed E-state index contributed by atoms with van der Waals surface area (Å²) in [6.45, 7) is 2.12. The zero-order valence-electron chi connectivity index (χ0n) is 14.9. The molecule has 0 saturated carbocycles. The highest BCUT2D eigenvalue weighted by atomic mass is 35.5. The Hall–Kier alpha value is -1.46. The van der Waals surface area contributed by atoms with Crippen LogP contribution in [-0.2, 0) is 13.2 Å². The Kier molecular flexibility index (Phi) is 9.06. The van der Waals surface area contributed by atoms with Crippen LogP contribution in [0.5, 0.6) is 11.5 Å². The van der Waals surface area contributed by atoms with Gasteiger partial charge in [0, 0.05) is 34.8 Å². The summed E-state index contributed by atoms with van der Waals surface area (Å²) in [5.74, 6) is 1.22. The zero-order valence-corrected chi connectivity index (χ0v) is 16.4. The minimum Gasteiger partial charge on any atom is -0.493 e. The molecule has 0 heterocycles. The lowest BCUT2D eigenvalue weighted by atomic mass is 10.2. The predicted octanol–water partition coefficient (Wildman–Crippen LogP) is 4.83. The van der Waals surface area contributed by atoms with Gasteiger partial charge < -0.3 is 19.9 Å². The van der Waals surface area contributed by atoms with Gasteiger partial charge in [0.15, 0.2) is 11.5 Å². The maximum Gasteiger partial charge on any atom is 0.163 e. The molecule has 0 radical (unpaired) electrons. The SMILES string of the molecule is COc1cc(CNCCCCCO)c(Cl)cc1OCc1ccccc1Cl. The third-order valence-electron chi connectivity index (χ3n) is 4.00. The number of aliphatic hydroxyl groups is 1. The van der Waals surface area contributed by atoms with Crippen molar-refractivity contribution >= 4 is 23.2 Å². The van der Waals surface area contributed by atoms with Gasteiger partial charge in [-0.25, -0.2) is 0 Å². The maximum absolute atomic E-state index is 8.78. The van der Waals surface area contributed by atoms with Crippen LogP contribution in [0.3, 0.4) is 0 Å². The molecule has 0 aromatic heterocycles. The Morgan fingerprint density at radius 1 is 0.962 bits per heavy atom. The highest BCUT2D eigenvalue weighted by Crippen LogP contribution is 2.34. The summed E-state index contributed by atoms with van der Waals surface area (Å²) in [5, 5.41) is 13.4. The van der Waals surface area contributed by atoms with Crippen molar-refractivity contribution in [1.29, 1.82) is 0 Å². The third-order valence-corrected chi connectivity index (χ3v) is 4.72. The molecule has 26 heavy (non-hydrogen) atoms. The molecule has 0 atom stereocenters. The van der Waals surface area contributed by atoms with E-state index in [1.807, 2.05) is 30.3 Å². The van der Waals surface area contributed by atoms with Gasteiger partial charge in [0.05, 0.1) is 7.11 Å². The van der Waals surface area contributed by atoms with Crippen LogP contribution in [0.4, 0.5) is 0 Å². The van der Waals surface area contributed by atoms with Crippen molar-refractivity contribution in [2.24, 2.45) is 0 Å². The Labute approximate surface area is 165 Å². The molecular weight excluding hydrogens is 373 g/mol. The van der Waals surface area contributed by atoms with Crippen LogP contribution in [0.1, 0.15) is 30.4 Å². The average Bonchev–Trinajstić information content (AvgIpc) is 2.65. The van der Waals surface area contributed by atoms with E-state index in [9.17, 15) is 0 Å². The molecule has 0 unspecified atom stereocenters. The van der Waals surface area contributed by atoms with Crippen molar-refractivity contribution in [1.82, 2.24) is 5.32 Å². The second kappa shape index (κ2) is 11.3. The van der Waals surface area contributed by atoms with E-state index in [0.717, 1.165) is 36.9 Å². The summed E-state index contributed by atoms with van der Waals surface area (Å²) < 4.78 is 11.3. The number of hydrogen-bond acceptors (Lipinski definition) is 4. The number of aliphatic hydroxyl groups excluding tert-OH is 1. The summed E-state index contributed by atoms with van der Waals surface area (Å²) in [6.07, 6.45) is 2.87. The van der Waals surface area contributed by atoms with E-state index >= 15 is 0 Å². The lowest BCUT2D eigenvalue weighted by Crippen LogP contribution is -2.15. The molecule has 2 N–H and O–H groups in total. The van der Waals surface area contributed by atoms with Gasteiger partial charge in [0.2, 0.25) is 0 Å². The molecule has 0 aliphatic carbocycles. The molecule has 0 saturated heterocycles. The van der Waals surface area contributed by atoms with E-state index in [-0.39, 0.29) is 6.61 Å². The van der Waals surface area contributed by atoms with Crippen LogP contribution < -0.4 is 14.8 Å². The fraction of sp³-hybridized carbons (Fsp3) is 0.400. The molecule has 2 rings (SSSR count). The molecule has 142 valence electrons. The van der Waals surface area contributed by atoms with Crippen LogP contribution in [-0.4, -0.2) is 25.4 Å². The van der Waals surface area contributed by atoms with E-state index in [2.05, 4.69) is 5.32 Å². The maximum atomic E-state index is 8.78. The number of benzene rings is 2. The molecule has 0 amide bonds. The number of hydrogen-bond donors (Lipinski definition) is 2. The van der Waals surface area contributed by atoms with E-state index in [4.69, 9.17) is 37.8 Å². The van der Waals surface area contributed by atoms with Crippen LogP contribution in [0.2, 0.25) is 10.0 Å². The molecular formula is C20H25Cl2NO3. The number of unbranched alkanes of at least 4 members (excludes halogenated alkanes) is 2. The monoisotopic (exact) mass is 397 g/mol. The largest absolute Gasteiger partial charge is 0.493 e. The van der Waals surface area contributed by atoms with E-state index in [0.29, 0.717) is 34.7 Å². The average molecular weight is 398 g/mol. The summed E-state index contributed by atoms with van der Waals surface area (Å²) in [7, 11) is 1.61. The minimum absolute atomic E-state index is 0.249. The summed E-state index contributed by atoms with van der Waals surface area (Å²) in [4.78, 5) is 0. The lowest BCUT2D eigenvalue weighted by molar-refractivity contribution is 0.282. The van der Waals surface area contributed by atoms with Gasteiger partial charge in [-0.2, -0.15) is 0 Å². The molecule has 0 aliphatic heterocycles. The molecule has 0 spiro atoms. The minimum atomic E-state index is 0.249. The Bertz CT molecular complexity index is 695. The molecule has 6 heteroatoms. The van der Waals surface area contributed by atoms with Gasteiger partial charge in [0.1, 0.15) is 6.61 Å². The normalized spacial score (nSPS) is 10.8. The van der Waals surface area contributed by atoms with Gasteiger partial charge in [-0.15, -0.1) is 0 Å². The van der Waals surface area contributed by atoms with Crippen molar-refractivity contribution in [3.05, 3.63) is 57.6 Å². The van der Waals surface area contributed by atoms with E-state index in [1.54, 1.807) is 13.2 Å². The van der Waals surface area contributed by atoms with Crippen LogP contribution >= 0.6 is 23.2 Å². The van der Waals surface area contributed by atoms with Gasteiger partial charge in [0.25, 0.3) is 0 Å². The van der Waals surface area contributed by atoms with Gasteiger partial charge >= 0.3 is 0 Å². The molecule has 4 nitrogen and oxygen atoms in total. The summed E-state index contributed by atoms with van der Waals surface area (Å²) in [5.41, 5.74) is 1.86. The smallest absolute Gasteiger partial charge is 0.163 e. The van der Waals surface area contributed by atoms with Gasteiger partial charge in [-0.3, -0.25) is 0 Å². The van der Waals surface area contributed by atoms with E-state index < -0.39 is 0 Å². The van der Waals surface area contributed by atoms with E-state index in [1.165, 1.54) is 0 Å². The summed E-state index contributed by atoms with van der Waals surface area (Å²) >= 11 is 12.6. The van der Waals surface area contributed by atoms with Crippen molar-refractivity contribution in [3.8, 4) is 11.5 Å². The topological polar surface area (TPSA) is 50.7 Å². The second-order valence-electron chi connectivity index (χ2n) is 5.94. The predicted molar refractivity (Wildman–Crippen MR) is 106 cm³/mol. The molecule has 2 aromatic rings. The Morgan fingerprint density at radius 3 is 2.50 bits per heavy atom. The molecule has 2 aromatic carbocycles. The van der Waals surface area contributed by atoms with Crippen LogP contribution in [0.25, 0.3) is 0 Å². The fourth-order valence-electron chi connectivity index (χ4n) is 2.52. The summed E-state index contributed by atoms with van der Waals surface area (Å²) in [6, 6.07) is 11.2. The quantitative estimate of drug-likeness (QED) is 0.532. The number of nitrogens with one attached hydrogen (secondary N) is 1. The Morgan fingerprint density at radius 2 is 1.77 bits per heavy atom. The Balaban J connectivity index is 1.96. The first kappa shape index (κ1) is 20.8. The highest BCUT2D eigenvalue weighted by molar-refractivity contribution is 6.31. The first-order chi connectivity index (χ1) is 12.7. The fourth-order valence-corrected chi connectivity index (χ4v) is 2.93. The first-order valence-corrected chi connectivity index (χ1v) is 9.45. The number of methoxy groups -OCH3 is 1. The van der Waals surface area contributed by atoms with Crippen LogP contribution in [0.15, 0.2) is 36.4 Å². The standard InChI is InChI=1S/C20H25Cl2NO3/c1-25-19-11-16(13-23-9-5-2-6-10-24)18(22)12-20(19)26-14-15-7-3-4-8-17(15)21/h3-4,7-8,11-12,23-24H,2,5-6,9-10,13-14H2,1H3. The van der Waals surface area contributed by atoms with Gasteiger partial charge in [-0.05, 0) is 43.5 Å². The lowest BCUT2D eigenvalue weighted by Gasteiger charge is -2.15. The third kappa shape index (κ3) is 6.36. The number of halogens is 2. The molecule has 0 bridgehead atoms. The van der Waals surface area contributed by atoms with Crippen molar-refractivity contribution in [2.45, 2.75) is 32.4 Å². The van der Waals surface area contributed by atoms with Crippen molar-refractivity contribution in [2.75, 3.05) is 20.3 Å². The van der Waals surface area contributed by atoms with Gasteiger partial charge in [-0.1, -0.05) is 41.4 Å². The number of ether oxygens (including phenoxy) is 2. The highest BCUT2D eigenvalue weighted by Gasteiger charge is 2.11. The molecule has 0 fully saturated rings. The first-order valence-electron chi connectivity index (χ1n) is 8.70. The zero-order chi connectivity index (χ0) is 18.8.